The highest BCUT2D eigenvalue weighted by molar-refractivity contribution is 7.17. The minimum absolute atomic E-state index is 0.109. The van der Waals surface area contributed by atoms with E-state index in [0.717, 1.165) is 28.0 Å². The Kier molecular flexibility index (Phi) is 6.74. The summed E-state index contributed by atoms with van der Waals surface area (Å²) in [6.07, 6.45) is -2.40. The van der Waals surface area contributed by atoms with Crippen molar-refractivity contribution in [3.05, 3.63) is 63.7 Å². The molecule has 3 aromatic rings. The molecule has 196 valence electrons. The van der Waals surface area contributed by atoms with Crippen molar-refractivity contribution < 1.29 is 27.5 Å². The molecular formula is C26H27F3N4O3S. The molecule has 3 heterocycles. The highest BCUT2D eigenvalue weighted by Crippen LogP contribution is 2.44. The van der Waals surface area contributed by atoms with Crippen molar-refractivity contribution in [1.82, 2.24) is 9.78 Å². The number of carbonyl (C=O) groups is 2. The third-order valence-electron chi connectivity index (χ3n) is 6.84. The van der Waals surface area contributed by atoms with E-state index >= 15 is 0 Å². The predicted octanol–water partition coefficient (Wildman–Crippen LogP) is 6.16. The summed E-state index contributed by atoms with van der Waals surface area (Å²) in [5.41, 5.74) is 1.76. The van der Waals surface area contributed by atoms with Crippen molar-refractivity contribution in [1.29, 1.82) is 0 Å². The third-order valence-corrected chi connectivity index (χ3v) is 8.01. The Morgan fingerprint density at radius 3 is 2.73 bits per heavy atom. The lowest BCUT2D eigenvalue weighted by atomic mass is 9.88. The van der Waals surface area contributed by atoms with Crippen LogP contribution in [0.25, 0.3) is 0 Å². The zero-order chi connectivity index (χ0) is 26.3. The molecule has 37 heavy (non-hydrogen) atoms. The Labute approximate surface area is 216 Å². The van der Waals surface area contributed by atoms with Gasteiger partial charge in [0.2, 0.25) is 0 Å². The number of esters is 1. The number of rotatable bonds is 5. The molecule has 0 radical (unpaired) electrons. The number of carbonyl (C=O) groups excluding carboxylic acids is 2. The van der Waals surface area contributed by atoms with Crippen LogP contribution in [0.4, 0.5) is 24.0 Å². The molecule has 0 unspecified atom stereocenters. The van der Waals surface area contributed by atoms with Gasteiger partial charge < -0.3 is 15.4 Å². The summed E-state index contributed by atoms with van der Waals surface area (Å²) in [6, 6.07) is 7.72. The zero-order valence-electron chi connectivity index (χ0n) is 20.4. The van der Waals surface area contributed by atoms with E-state index in [1.165, 1.54) is 17.4 Å². The minimum atomic E-state index is -4.55. The van der Waals surface area contributed by atoms with E-state index in [9.17, 15) is 22.8 Å². The predicted molar refractivity (Wildman–Crippen MR) is 134 cm³/mol. The topological polar surface area (TPSA) is 85.2 Å². The Morgan fingerprint density at radius 1 is 1.27 bits per heavy atom. The average molecular weight is 533 g/mol. The van der Waals surface area contributed by atoms with Crippen molar-refractivity contribution in [3.8, 4) is 0 Å². The Morgan fingerprint density at radius 2 is 2.03 bits per heavy atom. The van der Waals surface area contributed by atoms with Crippen LogP contribution in [0.5, 0.6) is 0 Å². The first-order valence-corrected chi connectivity index (χ1v) is 13.1. The second kappa shape index (κ2) is 9.85. The number of thiophene rings is 1. The fourth-order valence-electron chi connectivity index (χ4n) is 5.01. The Bertz CT molecular complexity index is 1320. The molecule has 2 aromatic heterocycles. The van der Waals surface area contributed by atoms with Crippen LogP contribution in [0.15, 0.2) is 36.4 Å². The number of anilines is 2. The third kappa shape index (κ3) is 4.96. The molecule has 11 heteroatoms. The monoisotopic (exact) mass is 532 g/mol. The van der Waals surface area contributed by atoms with Gasteiger partial charge in [-0.3, -0.25) is 4.79 Å². The fraction of sp³-hybridized carbons (Fsp3) is 0.423. The molecule has 1 aromatic carbocycles. The van der Waals surface area contributed by atoms with E-state index in [1.807, 2.05) is 0 Å². The lowest BCUT2D eigenvalue weighted by Gasteiger charge is -2.33. The molecule has 0 bridgehead atoms. The van der Waals surface area contributed by atoms with Crippen molar-refractivity contribution in [2.45, 2.75) is 57.8 Å². The van der Waals surface area contributed by atoms with Crippen LogP contribution in [0.3, 0.4) is 0 Å². The largest absolute Gasteiger partial charge is 0.462 e. The molecule has 5 rings (SSSR count). The number of nitrogens with zero attached hydrogens (tertiary/aromatic N) is 2. The van der Waals surface area contributed by atoms with Crippen LogP contribution in [-0.2, 0) is 17.6 Å². The van der Waals surface area contributed by atoms with Crippen LogP contribution in [-0.4, -0.2) is 34.4 Å². The number of halogens is 3. The van der Waals surface area contributed by atoms with E-state index in [0.29, 0.717) is 28.5 Å². The summed E-state index contributed by atoms with van der Waals surface area (Å²) < 4.78 is 48.1. The highest BCUT2D eigenvalue weighted by atomic mass is 32.1. The lowest BCUT2D eigenvalue weighted by molar-refractivity contribution is -0.173. The summed E-state index contributed by atoms with van der Waals surface area (Å²) in [7, 11) is 0. The molecule has 0 saturated heterocycles. The number of benzene rings is 1. The maximum absolute atomic E-state index is 14.0. The van der Waals surface area contributed by atoms with Gasteiger partial charge in [-0.15, -0.1) is 11.3 Å². The first-order valence-electron chi connectivity index (χ1n) is 12.3. The molecule has 3 atom stereocenters. The van der Waals surface area contributed by atoms with Crippen molar-refractivity contribution in [3.63, 3.8) is 0 Å². The van der Waals surface area contributed by atoms with Gasteiger partial charge >= 0.3 is 12.1 Å². The number of fused-ring (bicyclic) bond motifs is 2. The highest BCUT2D eigenvalue weighted by Gasteiger charge is 2.47. The van der Waals surface area contributed by atoms with Crippen LogP contribution in [0.2, 0.25) is 0 Å². The number of alkyl halides is 3. The molecule has 2 N–H and O–H groups in total. The number of ether oxygens (including phenoxy) is 1. The van der Waals surface area contributed by atoms with Gasteiger partial charge in [0.05, 0.1) is 18.2 Å². The number of aromatic nitrogens is 2. The second-order valence-corrected chi connectivity index (χ2v) is 10.6. The summed E-state index contributed by atoms with van der Waals surface area (Å²) in [5.74, 6) is -0.637. The van der Waals surface area contributed by atoms with Crippen molar-refractivity contribution >= 4 is 34.0 Å². The summed E-state index contributed by atoms with van der Waals surface area (Å²) in [4.78, 5) is 27.0. The van der Waals surface area contributed by atoms with Gasteiger partial charge in [-0.1, -0.05) is 37.3 Å². The molecule has 7 nitrogen and oxygen atoms in total. The van der Waals surface area contributed by atoms with Gasteiger partial charge in [0, 0.05) is 17.4 Å². The molecule has 1 aliphatic heterocycles. The smallest absolute Gasteiger partial charge is 0.410 e. The van der Waals surface area contributed by atoms with Crippen LogP contribution < -0.4 is 10.6 Å². The summed E-state index contributed by atoms with van der Waals surface area (Å²) in [6.45, 7) is 4.03. The van der Waals surface area contributed by atoms with Gasteiger partial charge in [-0.25, -0.2) is 9.48 Å². The zero-order valence-corrected chi connectivity index (χ0v) is 21.2. The van der Waals surface area contributed by atoms with Gasteiger partial charge in [-0.05, 0) is 43.2 Å². The van der Waals surface area contributed by atoms with Gasteiger partial charge in [-0.2, -0.15) is 18.3 Å². The fourth-order valence-corrected chi connectivity index (χ4v) is 6.41. The molecule has 0 saturated carbocycles. The minimum Gasteiger partial charge on any atom is -0.462 e. The quantitative estimate of drug-likeness (QED) is 0.385. The number of hydrogen-bond acceptors (Lipinski definition) is 6. The molecule has 1 aliphatic carbocycles. The normalized spacial score (nSPS) is 20.9. The van der Waals surface area contributed by atoms with Crippen LogP contribution in [0.1, 0.15) is 75.6 Å². The standard InChI is InChI=1S/C26H27F3N4O3S/c1-3-36-25(35)22-16-10-9-14(2)11-19(16)37-24(22)31-23(34)18-13-21-30-17(15-7-5-4-6-8-15)12-20(26(27,28)29)33(21)32-18/h4-8,13-14,17,20,30H,3,9-12H2,1-2H3,(H,31,34)/t14-,17-,20+/m0/s1. The summed E-state index contributed by atoms with van der Waals surface area (Å²) >= 11 is 1.32. The average Bonchev–Trinajstić information content (AvgIpc) is 3.44. The second-order valence-electron chi connectivity index (χ2n) is 9.49. The Hall–Kier alpha value is -3.34. The van der Waals surface area contributed by atoms with Crippen LogP contribution >= 0.6 is 11.3 Å². The number of amides is 1. The maximum Gasteiger partial charge on any atom is 0.410 e. The van der Waals surface area contributed by atoms with E-state index in [-0.39, 0.29) is 24.5 Å². The molecule has 1 amide bonds. The number of hydrogen-bond donors (Lipinski definition) is 2. The van der Waals surface area contributed by atoms with E-state index in [2.05, 4.69) is 22.7 Å². The van der Waals surface area contributed by atoms with Crippen LogP contribution in [0, 0.1) is 5.92 Å². The first-order chi connectivity index (χ1) is 17.7. The molecule has 0 fully saturated rings. The lowest BCUT2D eigenvalue weighted by Crippen LogP contribution is -2.35. The van der Waals surface area contributed by atoms with Crippen molar-refractivity contribution in [2.24, 2.45) is 5.92 Å². The van der Waals surface area contributed by atoms with E-state index < -0.39 is 30.1 Å². The first kappa shape index (κ1) is 25.3. The van der Waals surface area contributed by atoms with E-state index in [1.54, 1.807) is 37.3 Å². The van der Waals surface area contributed by atoms with Gasteiger partial charge in [0.1, 0.15) is 10.8 Å². The SMILES string of the molecule is CCOC(=O)c1c(NC(=O)c2cc3n(n2)[C@@H](C(F)(F)F)C[C@@H](c2ccccc2)N3)sc2c1CC[C@H](C)C2. The van der Waals surface area contributed by atoms with Crippen molar-refractivity contribution in [2.75, 3.05) is 17.2 Å². The number of nitrogens with one attached hydrogen (secondary N) is 2. The summed E-state index contributed by atoms with van der Waals surface area (Å²) in [5, 5.41) is 10.2. The Balaban J connectivity index is 1.46. The van der Waals surface area contributed by atoms with E-state index in [4.69, 9.17) is 4.74 Å². The maximum atomic E-state index is 14.0. The van der Waals surface area contributed by atoms with Gasteiger partial charge in [0.15, 0.2) is 11.7 Å². The van der Waals surface area contributed by atoms with Gasteiger partial charge in [0.25, 0.3) is 5.91 Å². The molecule has 2 aliphatic rings. The molecular weight excluding hydrogens is 505 g/mol. The molecule has 0 spiro atoms.